The molecule has 0 bridgehead atoms. The van der Waals surface area contributed by atoms with Gasteiger partial charge in [-0.25, -0.2) is 0 Å². The van der Waals surface area contributed by atoms with Crippen LogP contribution in [0.4, 0.5) is 5.69 Å². The normalized spacial score (nSPS) is 10.5. The highest BCUT2D eigenvalue weighted by Gasteiger charge is 2.04. The SMILES string of the molecule is C#Cc1ccc(C(C)C)cc1.CC.CC.CC=Nc1cc(C)c(/C(C)=C/C=NC)cc1C.Cc1ccc2cn[nH]c2c1. The zero-order chi connectivity index (χ0) is 32.1. The summed E-state index contributed by atoms with van der Waals surface area (Å²) >= 11 is 0. The summed E-state index contributed by atoms with van der Waals surface area (Å²) in [5.74, 6) is 3.18. The van der Waals surface area contributed by atoms with Crippen LogP contribution in [0, 0.1) is 33.1 Å². The van der Waals surface area contributed by atoms with E-state index in [9.17, 15) is 0 Å². The van der Waals surface area contributed by atoms with Gasteiger partial charge in [-0.15, -0.1) is 6.42 Å². The van der Waals surface area contributed by atoms with E-state index in [2.05, 4.69) is 110 Å². The van der Waals surface area contributed by atoms with Crippen LogP contribution in [0.2, 0.25) is 0 Å². The highest BCUT2D eigenvalue weighted by atomic mass is 15.1. The fourth-order valence-corrected chi connectivity index (χ4v) is 3.80. The lowest BCUT2D eigenvalue weighted by molar-refractivity contribution is 0.866. The van der Waals surface area contributed by atoms with Gasteiger partial charge in [0.25, 0.3) is 0 Å². The van der Waals surface area contributed by atoms with Gasteiger partial charge < -0.3 is 0 Å². The van der Waals surface area contributed by atoms with E-state index in [1.165, 1.54) is 38.8 Å². The van der Waals surface area contributed by atoms with Crippen molar-refractivity contribution >= 4 is 34.6 Å². The number of aromatic amines is 1. The summed E-state index contributed by atoms with van der Waals surface area (Å²) in [6, 6.07) is 18.7. The summed E-state index contributed by atoms with van der Waals surface area (Å²) in [6.45, 7) is 22.7. The van der Waals surface area contributed by atoms with Gasteiger partial charge in [0.1, 0.15) is 0 Å². The molecule has 4 heteroatoms. The van der Waals surface area contributed by atoms with Crippen molar-refractivity contribution in [1.29, 1.82) is 0 Å². The summed E-state index contributed by atoms with van der Waals surface area (Å²) in [5.41, 5.74) is 10.6. The number of benzene rings is 3. The fourth-order valence-electron chi connectivity index (χ4n) is 3.80. The van der Waals surface area contributed by atoms with E-state index >= 15 is 0 Å². The third kappa shape index (κ3) is 13.0. The van der Waals surface area contributed by atoms with Gasteiger partial charge in [0, 0.05) is 30.4 Å². The quantitative estimate of drug-likeness (QED) is 0.194. The molecule has 0 aliphatic rings. The first-order valence-electron chi connectivity index (χ1n) is 14.9. The Morgan fingerprint density at radius 3 is 2.12 bits per heavy atom. The van der Waals surface area contributed by atoms with Gasteiger partial charge in [-0.1, -0.05) is 71.7 Å². The van der Waals surface area contributed by atoms with Crippen molar-refractivity contribution in [3.63, 3.8) is 0 Å². The summed E-state index contributed by atoms with van der Waals surface area (Å²) in [5, 5.41) is 8.00. The minimum Gasteiger partial charge on any atom is -0.297 e. The third-order valence-electron chi connectivity index (χ3n) is 6.05. The fraction of sp³-hybridized carbons (Fsp3) is 0.342. The molecule has 4 rings (SSSR count). The molecule has 0 saturated carbocycles. The van der Waals surface area contributed by atoms with Gasteiger partial charge in [0.05, 0.1) is 17.4 Å². The molecule has 1 heterocycles. The molecule has 0 amide bonds. The number of rotatable bonds is 4. The third-order valence-corrected chi connectivity index (χ3v) is 6.05. The molecular formula is C38H52N4. The van der Waals surface area contributed by atoms with Crippen LogP contribution in [0.3, 0.4) is 0 Å². The maximum absolute atomic E-state index is 5.23. The monoisotopic (exact) mass is 564 g/mol. The van der Waals surface area contributed by atoms with Gasteiger partial charge in [0.2, 0.25) is 0 Å². The zero-order valence-electron chi connectivity index (χ0n) is 28.0. The predicted molar refractivity (Wildman–Crippen MR) is 190 cm³/mol. The summed E-state index contributed by atoms with van der Waals surface area (Å²) in [7, 11) is 1.78. The largest absolute Gasteiger partial charge is 0.297 e. The number of aryl methyl sites for hydroxylation is 3. The molecule has 1 aromatic heterocycles. The molecule has 0 saturated heterocycles. The van der Waals surface area contributed by atoms with Crippen LogP contribution in [0.15, 0.2) is 76.9 Å². The molecule has 42 heavy (non-hydrogen) atoms. The Morgan fingerprint density at radius 2 is 1.57 bits per heavy atom. The number of nitrogens with one attached hydrogen (secondary N) is 1. The van der Waals surface area contributed by atoms with Crippen molar-refractivity contribution in [1.82, 2.24) is 10.2 Å². The molecule has 224 valence electrons. The topological polar surface area (TPSA) is 53.4 Å². The van der Waals surface area contributed by atoms with Crippen LogP contribution in [0.25, 0.3) is 16.5 Å². The van der Waals surface area contributed by atoms with Crippen LogP contribution in [0.5, 0.6) is 0 Å². The van der Waals surface area contributed by atoms with Gasteiger partial charge in [-0.2, -0.15) is 5.10 Å². The van der Waals surface area contributed by atoms with Crippen molar-refractivity contribution in [2.24, 2.45) is 9.98 Å². The predicted octanol–water partition coefficient (Wildman–Crippen LogP) is 10.8. The van der Waals surface area contributed by atoms with E-state index in [0.717, 1.165) is 16.8 Å². The van der Waals surface area contributed by atoms with Crippen molar-refractivity contribution in [3.05, 3.63) is 100 Å². The van der Waals surface area contributed by atoms with Crippen molar-refractivity contribution in [2.45, 2.75) is 82.1 Å². The number of nitrogens with zero attached hydrogens (tertiary/aromatic N) is 3. The average Bonchev–Trinajstić information content (AvgIpc) is 3.48. The highest BCUT2D eigenvalue weighted by molar-refractivity contribution is 5.85. The first-order valence-corrected chi connectivity index (χ1v) is 14.9. The first kappa shape index (κ1) is 37.8. The lowest BCUT2D eigenvalue weighted by Gasteiger charge is -2.09. The second kappa shape index (κ2) is 21.5. The number of hydrogen-bond donors (Lipinski definition) is 1. The van der Waals surface area contributed by atoms with Crippen molar-refractivity contribution in [2.75, 3.05) is 7.05 Å². The number of hydrogen-bond acceptors (Lipinski definition) is 3. The summed E-state index contributed by atoms with van der Waals surface area (Å²) < 4.78 is 0. The molecule has 1 N–H and O–H groups in total. The maximum Gasteiger partial charge on any atom is 0.0657 e. The standard InChI is InChI=1S/C15H20N2.C11H12.C8H8N2.2C2H6/c1-6-17-15-10-12(3)14(9-13(15)4)11(2)7-8-16-5;1-4-10-5-7-11(8-6-10)9(2)3;1-6-2-3-7-5-9-10-8(7)4-6;2*1-2/h6-10H,1-5H3;1,5-9H,2-3H3;2-5H,1H3,(H,9,10);2*1-2H3/b11-7+,16-8?,17-6?;;;;. The summed E-state index contributed by atoms with van der Waals surface area (Å²) in [4.78, 5) is 8.33. The average molecular weight is 565 g/mol. The van der Waals surface area contributed by atoms with Gasteiger partial charge in [0.15, 0.2) is 0 Å². The van der Waals surface area contributed by atoms with Gasteiger partial charge in [-0.05, 0) is 110 Å². The van der Waals surface area contributed by atoms with E-state index < -0.39 is 0 Å². The van der Waals surface area contributed by atoms with E-state index in [4.69, 9.17) is 6.42 Å². The van der Waals surface area contributed by atoms with E-state index in [-0.39, 0.29) is 0 Å². The Labute approximate surface area is 256 Å². The number of H-pyrrole nitrogens is 1. The minimum atomic E-state index is 0.585. The molecule has 0 aliphatic carbocycles. The smallest absolute Gasteiger partial charge is 0.0657 e. The Kier molecular flexibility index (Phi) is 19.3. The molecule has 4 aromatic rings. The van der Waals surface area contributed by atoms with Crippen LogP contribution in [0.1, 0.15) is 94.7 Å². The van der Waals surface area contributed by atoms with E-state index in [1.807, 2.05) is 71.5 Å². The molecule has 0 spiro atoms. The Hall–Kier alpha value is -4.23. The lowest BCUT2D eigenvalue weighted by Crippen LogP contribution is -1.89. The second-order valence-electron chi connectivity index (χ2n) is 9.48. The van der Waals surface area contributed by atoms with E-state index in [1.54, 1.807) is 7.05 Å². The van der Waals surface area contributed by atoms with Crippen LogP contribution >= 0.6 is 0 Å². The highest BCUT2D eigenvalue weighted by Crippen LogP contribution is 2.27. The Morgan fingerprint density at radius 1 is 0.929 bits per heavy atom. The molecule has 0 atom stereocenters. The van der Waals surface area contributed by atoms with Crippen molar-refractivity contribution in [3.8, 4) is 12.3 Å². The van der Waals surface area contributed by atoms with Gasteiger partial charge >= 0.3 is 0 Å². The lowest BCUT2D eigenvalue weighted by atomic mass is 9.98. The molecule has 0 aliphatic heterocycles. The molecule has 0 unspecified atom stereocenters. The zero-order valence-corrected chi connectivity index (χ0v) is 28.0. The Bertz CT molecular complexity index is 1440. The second-order valence-corrected chi connectivity index (χ2v) is 9.48. The van der Waals surface area contributed by atoms with Gasteiger partial charge in [-0.3, -0.25) is 15.1 Å². The first-order chi connectivity index (χ1) is 20.2. The molecule has 3 aromatic carbocycles. The molecule has 4 nitrogen and oxygen atoms in total. The number of aromatic nitrogens is 2. The van der Waals surface area contributed by atoms with E-state index in [0.29, 0.717) is 5.92 Å². The molecule has 0 radical (unpaired) electrons. The minimum absolute atomic E-state index is 0.585. The summed E-state index contributed by atoms with van der Waals surface area (Å²) in [6.07, 6.45) is 12.7. The number of allylic oxidation sites excluding steroid dienone is 2. The van der Waals surface area contributed by atoms with Crippen LogP contribution in [-0.2, 0) is 0 Å². The maximum atomic E-state index is 5.23. The van der Waals surface area contributed by atoms with Crippen LogP contribution < -0.4 is 0 Å². The van der Waals surface area contributed by atoms with Crippen LogP contribution in [-0.4, -0.2) is 29.7 Å². The molecular weight excluding hydrogens is 512 g/mol. The Balaban J connectivity index is 0.000000586. The number of terminal acetylenes is 1. The molecule has 0 fully saturated rings. The number of aliphatic imine (C=N–C) groups is 2. The number of fused-ring (bicyclic) bond motifs is 1. The van der Waals surface area contributed by atoms with Crippen molar-refractivity contribution < 1.29 is 0 Å².